The largest absolute Gasteiger partial charge is 0.322 e. The van der Waals surface area contributed by atoms with Gasteiger partial charge in [0.05, 0.1) is 5.56 Å². The van der Waals surface area contributed by atoms with Crippen molar-refractivity contribution in [3.63, 3.8) is 0 Å². The predicted octanol–water partition coefficient (Wildman–Crippen LogP) is 2.88. The maximum absolute atomic E-state index is 12.4. The molecule has 0 bridgehead atoms. The molecule has 4 nitrogen and oxygen atoms in total. The van der Waals surface area contributed by atoms with E-state index in [2.05, 4.69) is 16.2 Å². The number of carbonyl (C=O) groups is 1. The first-order chi connectivity index (χ1) is 10.2. The molecule has 1 amide bonds. The van der Waals surface area contributed by atoms with Gasteiger partial charge in [0.1, 0.15) is 5.65 Å². The third-order valence-corrected chi connectivity index (χ3v) is 3.31. The number of aromatic nitrogens is 2. The molecule has 2 heterocycles. The van der Waals surface area contributed by atoms with Crippen molar-refractivity contribution >= 4 is 17.2 Å². The highest BCUT2D eigenvalue weighted by Crippen LogP contribution is 2.15. The summed E-state index contributed by atoms with van der Waals surface area (Å²) >= 11 is 0. The van der Waals surface area contributed by atoms with Gasteiger partial charge in [0.2, 0.25) is 0 Å². The molecular weight excluding hydrogens is 262 g/mol. The molecule has 3 aromatic rings. The van der Waals surface area contributed by atoms with Gasteiger partial charge in [-0.05, 0) is 43.3 Å². The van der Waals surface area contributed by atoms with E-state index in [9.17, 15) is 4.79 Å². The Bertz CT molecular complexity index is 854. The van der Waals surface area contributed by atoms with Crippen molar-refractivity contribution in [3.05, 3.63) is 65.6 Å². The molecule has 4 heteroatoms. The summed E-state index contributed by atoms with van der Waals surface area (Å²) in [6.07, 6.45) is 8.83. The van der Waals surface area contributed by atoms with Crippen LogP contribution >= 0.6 is 0 Å². The van der Waals surface area contributed by atoms with E-state index in [0.29, 0.717) is 16.9 Å². The van der Waals surface area contributed by atoms with Crippen LogP contribution in [0.5, 0.6) is 0 Å². The van der Waals surface area contributed by atoms with Crippen LogP contribution in [-0.2, 0) is 0 Å². The molecule has 102 valence electrons. The molecule has 3 rings (SSSR count). The zero-order chi connectivity index (χ0) is 14.8. The van der Waals surface area contributed by atoms with E-state index in [0.717, 1.165) is 11.3 Å². The maximum Gasteiger partial charge on any atom is 0.259 e. The summed E-state index contributed by atoms with van der Waals surface area (Å²) in [6, 6.07) is 10.8. The van der Waals surface area contributed by atoms with Gasteiger partial charge in [0.15, 0.2) is 0 Å². The lowest BCUT2D eigenvalue weighted by atomic mass is 10.2. The van der Waals surface area contributed by atoms with Gasteiger partial charge in [-0.3, -0.25) is 4.79 Å². The summed E-state index contributed by atoms with van der Waals surface area (Å²) in [4.78, 5) is 16.6. The fraction of sp³-hybridized carbons (Fsp3) is 0.0588. The lowest BCUT2D eigenvalue weighted by Gasteiger charge is -2.08. The summed E-state index contributed by atoms with van der Waals surface area (Å²) in [6.45, 7) is 1.97. The Morgan fingerprint density at radius 3 is 2.71 bits per heavy atom. The molecule has 0 fully saturated rings. The van der Waals surface area contributed by atoms with Crippen LogP contribution in [0.25, 0.3) is 5.65 Å². The molecule has 2 aromatic heterocycles. The number of fused-ring (bicyclic) bond motifs is 1. The monoisotopic (exact) mass is 275 g/mol. The van der Waals surface area contributed by atoms with Crippen molar-refractivity contribution in [2.75, 3.05) is 5.32 Å². The molecule has 0 saturated carbocycles. The fourth-order valence-corrected chi connectivity index (χ4v) is 2.17. The number of carbonyl (C=O) groups excluding carboxylic acids is 1. The maximum atomic E-state index is 12.4. The molecule has 0 aliphatic heterocycles. The molecule has 0 unspecified atom stereocenters. The summed E-state index contributed by atoms with van der Waals surface area (Å²) in [5, 5.41) is 2.85. The third-order valence-electron chi connectivity index (χ3n) is 3.31. The minimum absolute atomic E-state index is 0.195. The smallest absolute Gasteiger partial charge is 0.259 e. The Hall–Kier alpha value is -3.06. The standard InChI is InChI=1S/C17H13N3O/c1-3-13-5-7-14(8-6-13)19-17(21)15-9-4-12(2)20-11-10-18-16(15)20/h1,4-11H,2H3,(H,19,21). The van der Waals surface area contributed by atoms with Crippen LogP contribution in [0, 0.1) is 19.3 Å². The first kappa shape index (κ1) is 12.9. The number of nitrogens with one attached hydrogen (secondary N) is 1. The van der Waals surface area contributed by atoms with Gasteiger partial charge >= 0.3 is 0 Å². The van der Waals surface area contributed by atoms with E-state index < -0.39 is 0 Å². The Kier molecular flexibility index (Phi) is 3.17. The molecule has 0 radical (unpaired) electrons. The highest BCUT2D eigenvalue weighted by atomic mass is 16.1. The Morgan fingerprint density at radius 1 is 1.24 bits per heavy atom. The van der Waals surface area contributed by atoms with Crippen LogP contribution in [0.15, 0.2) is 48.8 Å². The lowest BCUT2D eigenvalue weighted by molar-refractivity contribution is 0.102. The zero-order valence-electron chi connectivity index (χ0n) is 11.5. The first-order valence-electron chi connectivity index (χ1n) is 6.50. The number of aryl methyl sites for hydroxylation is 1. The normalized spacial score (nSPS) is 10.3. The topological polar surface area (TPSA) is 46.4 Å². The van der Waals surface area contributed by atoms with Crippen LogP contribution < -0.4 is 5.32 Å². The number of nitrogens with zero attached hydrogens (tertiary/aromatic N) is 2. The van der Waals surface area contributed by atoms with Gasteiger partial charge < -0.3 is 9.72 Å². The number of benzene rings is 1. The zero-order valence-corrected chi connectivity index (χ0v) is 11.5. The van der Waals surface area contributed by atoms with E-state index in [-0.39, 0.29) is 5.91 Å². The van der Waals surface area contributed by atoms with Crippen molar-refractivity contribution in [1.82, 2.24) is 9.38 Å². The number of rotatable bonds is 2. The minimum atomic E-state index is -0.195. The minimum Gasteiger partial charge on any atom is -0.322 e. The van der Waals surface area contributed by atoms with Crippen molar-refractivity contribution in [2.45, 2.75) is 6.92 Å². The highest BCUT2D eigenvalue weighted by molar-refractivity contribution is 6.08. The van der Waals surface area contributed by atoms with Crippen molar-refractivity contribution < 1.29 is 4.79 Å². The van der Waals surface area contributed by atoms with Gasteiger partial charge in [-0.1, -0.05) is 5.92 Å². The second-order valence-corrected chi connectivity index (χ2v) is 4.69. The summed E-state index contributed by atoms with van der Waals surface area (Å²) in [5.74, 6) is 2.35. The number of anilines is 1. The van der Waals surface area contributed by atoms with E-state index in [4.69, 9.17) is 6.42 Å². The average molecular weight is 275 g/mol. The molecule has 0 aliphatic carbocycles. The van der Waals surface area contributed by atoms with Crippen LogP contribution in [0.1, 0.15) is 21.6 Å². The van der Waals surface area contributed by atoms with Gasteiger partial charge in [0.25, 0.3) is 5.91 Å². The average Bonchev–Trinajstić information content (AvgIpc) is 2.98. The van der Waals surface area contributed by atoms with Crippen LogP contribution in [0.4, 0.5) is 5.69 Å². The number of amides is 1. The lowest BCUT2D eigenvalue weighted by Crippen LogP contribution is -2.13. The fourth-order valence-electron chi connectivity index (χ4n) is 2.17. The molecule has 0 aliphatic rings. The molecule has 0 spiro atoms. The summed E-state index contributed by atoms with van der Waals surface area (Å²) in [7, 11) is 0. The number of pyridine rings is 1. The van der Waals surface area contributed by atoms with E-state index in [1.165, 1.54) is 0 Å². The Balaban J connectivity index is 1.92. The van der Waals surface area contributed by atoms with Crippen LogP contribution in [-0.4, -0.2) is 15.3 Å². The van der Waals surface area contributed by atoms with Crippen molar-refractivity contribution in [1.29, 1.82) is 0 Å². The van der Waals surface area contributed by atoms with E-state index in [1.54, 1.807) is 36.5 Å². The highest BCUT2D eigenvalue weighted by Gasteiger charge is 2.12. The number of terminal acetylenes is 1. The van der Waals surface area contributed by atoms with Crippen molar-refractivity contribution in [3.8, 4) is 12.3 Å². The van der Waals surface area contributed by atoms with Gasteiger partial charge in [-0.25, -0.2) is 4.98 Å². The SMILES string of the molecule is C#Cc1ccc(NC(=O)c2ccc(C)n3ccnc23)cc1. The Morgan fingerprint density at radius 2 is 2.00 bits per heavy atom. The second-order valence-electron chi connectivity index (χ2n) is 4.69. The number of hydrogen-bond donors (Lipinski definition) is 1. The van der Waals surface area contributed by atoms with E-state index in [1.807, 2.05) is 23.6 Å². The predicted molar refractivity (Wildman–Crippen MR) is 82.3 cm³/mol. The number of imidazole rings is 1. The van der Waals surface area contributed by atoms with Gasteiger partial charge in [-0.15, -0.1) is 6.42 Å². The first-order valence-corrected chi connectivity index (χ1v) is 6.50. The molecule has 0 atom stereocenters. The van der Waals surface area contributed by atoms with Crippen LogP contribution in [0.2, 0.25) is 0 Å². The quantitative estimate of drug-likeness (QED) is 0.731. The third kappa shape index (κ3) is 2.37. The molecule has 21 heavy (non-hydrogen) atoms. The molecule has 1 N–H and O–H groups in total. The number of hydrogen-bond acceptors (Lipinski definition) is 2. The molecule has 0 saturated heterocycles. The summed E-state index contributed by atoms with van der Waals surface area (Å²) in [5.41, 5.74) is 3.68. The summed E-state index contributed by atoms with van der Waals surface area (Å²) < 4.78 is 1.89. The second kappa shape index (κ2) is 5.14. The van der Waals surface area contributed by atoms with Gasteiger partial charge in [-0.2, -0.15) is 0 Å². The van der Waals surface area contributed by atoms with Crippen LogP contribution in [0.3, 0.4) is 0 Å². The molecule has 1 aromatic carbocycles. The Labute approximate surface area is 122 Å². The van der Waals surface area contributed by atoms with E-state index >= 15 is 0 Å². The van der Waals surface area contributed by atoms with Crippen molar-refractivity contribution in [2.24, 2.45) is 0 Å². The molecular formula is C17H13N3O. The van der Waals surface area contributed by atoms with Gasteiger partial charge in [0, 0.05) is 29.3 Å².